The molecule has 1 aromatic rings. The third kappa shape index (κ3) is 1.65. The molecular weight excluding hydrogens is 226 g/mol. The Morgan fingerprint density at radius 3 is 2.72 bits per heavy atom. The Labute approximate surface area is 108 Å². The van der Waals surface area contributed by atoms with Gasteiger partial charge in [-0.2, -0.15) is 0 Å². The van der Waals surface area contributed by atoms with Crippen LogP contribution in [0.3, 0.4) is 0 Å². The molecule has 0 aromatic heterocycles. The number of nitrogens with zero attached hydrogens (tertiary/aromatic N) is 1. The number of fused-ring (bicyclic) bond motifs is 1. The van der Waals surface area contributed by atoms with Crippen molar-refractivity contribution in [1.29, 1.82) is 0 Å². The van der Waals surface area contributed by atoms with Gasteiger partial charge in [-0.3, -0.25) is 4.79 Å². The second-order valence-corrected chi connectivity index (χ2v) is 5.48. The molecule has 2 aliphatic heterocycles. The zero-order valence-electron chi connectivity index (χ0n) is 10.9. The van der Waals surface area contributed by atoms with Crippen LogP contribution in [0.5, 0.6) is 0 Å². The second kappa shape index (κ2) is 4.09. The molecule has 0 spiro atoms. The van der Waals surface area contributed by atoms with Crippen LogP contribution in [0.4, 0.5) is 0 Å². The fourth-order valence-corrected chi connectivity index (χ4v) is 3.34. The van der Waals surface area contributed by atoms with Crippen molar-refractivity contribution >= 4 is 5.91 Å². The standard InChI is InChI=1S/C15H19NO2/c1-11-14(12-7-4-3-5-8-12)18-15(2)10-6-9-13(17)16(11)15/h3-5,7-8,11,14H,6,9-10H2,1-2H3/t11-,14?,15+/m1/s1. The van der Waals surface area contributed by atoms with Crippen molar-refractivity contribution in [2.75, 3.05) is 0 Å². The summed E-state index contributed by atoms with van der Waals surface area (Å²) in [4.78, 5) is 14.1. The van der Waals surface area contributed by atoms with E-state index in [0.29, 0.717) is 6.42 Å². The zero-order valence-corrected chi connectivity index (χ0v) is 10.9. The molecule has 1 amide bonds. The fourth-order valence-electron chi connectivity index (χ4n) is 3.34. The Balaban J connectivity index is 1.95. The lowest BCUT2D eigenvalue weighted by atomic mass is 9.97. The molecule has 3 rings (SSSR count). The van der Waals surface area contributed by atoms with E-state index in [0.717, 1.165) is 18.4 Å². The summed E-state index contributed by atoms with van der Waals surface area (Å²) in [6.07, 6.45) is 2.52. The average Bonchev–Trinajstić information content (AvgIpc) is 2.64. The van der Waals surface area contributed by atoms with Gasteiger partial charge in [0, 0.05) is 6.42 Å². The van der Waals surface area contributed by atoms with Crippen molar-refractivity contribution in [3.63, 3.8) is 0 Å². The van der Waals surface area contributed by atoms with Gasteiger partial charge in [0.2, 0.25) is 5.91 Å². The van der Waals surface area contributed by atoms with E-state index >= 15 is 0 Å². The lowest BCUT2D eigenvalue weighted by Crippen LogP contribution is -2.51. The van der Waals surface area contributed by atoms with Crippen LogP contribution in [-0.4, -0.2) is 22.6 Å². The average molecular weight is 245 g/mol. The van der Waals surface area contributed by atoms with E-state index in [9.17, 15) is 4.79 Å². The number of amides is 1. The maximum Gasteiger partial charge on any atom is 0.225 e. The molecule has 18 heavy (non-hydrogen) atoms. The van der Waals surface area contributed by atoms with E-state index < -0.39 is 5.72 Å². The Morgan fingerprint density at radius 2 is 2.06 bits per heavy atom. The van der Waals surface area contributed by atoms with Crippen molar-refractivity contribution in [1.82, 2.24) is 4.90 Å². The van der Waals surface area contributed by atoms with Gasteiger partial charge in [-0.25, -0.2) is 0 Å². The summed E-state index contributed by atoms with van der Waals surface area (Å²) >= 11 is 0. The van der Waals surface area contributed by atoms with E-state index in [1.54, 1.807) is 0 Å². The highest BCUT2D eigenvalue weighted by molar-refractivity contribution is 5.78. The van der Waals surface area contributed by atoms with Crippen LogP contribution < -0.4 is 0 Å². The lowest BCUT2D eigenvalue weighted by molar-refractivity contribution is -0.159. The van der Waals surface area contributed by atoms with Crippen LogP contribution in [0, 0.1) is 0 Å². The van der Waals surface area contributed by atoms with Gasteiger partial charge in [0.1, 0.15) is 11.8 Å². The SMILES string of the molecule is C[C@@H]1C(c2ccccc2)O[C@@]2(C)CCCC(=O)N12. The summed E-state index contributed by atoms with van der Waals surface area (Å²) in [5.41, 5.74) is 0.753. The normalized spacial score (nSPS) is 35.7. The molecule has 0 N–H and O–H groups in total. The molecule has 3 heteroatoms. The smallest absolute Gasteiger partial charge is 0.225 e. The Kier molecular flexibility index (Phi) is 2.67. The van der Waals surface area contributed by atoms with Crippen LogP contribution in [-0.2, 0) is 9.53 Å². The summed E-state index contributed by atoms with van der Waals surface area (Å²) < 4.78 is 6.23. The minimum absolute atomic E-state index is 0.00162. The number of hydrogen-bond donors (Lipinski definition) is 0. The first-order valence-corrected chi connectivity index (χ1v) is 6.67. The molecule has 2 heterocycles. The van der Waals surface area contributed by atoms with Gasteiger partial charge < -0.3 is 9.64 Å². The predicted octanol–water partition coefficient (Wildman–Crippen LogP) is 2.88. The van der Waals surface area contributed by atoms with Crippen LogP contribution in [0.1, 0.15) is 44.8 Å². The van der Waals surface area contributed by atoms with Gasteiger partial charge in [0.25, 0.3) is 0 Å². The van der Waals surface area contributed by atoms with Gasteiger partial charge in [0.15, 0.2) is 0 Å². The van der Waals surface area contributed by atoms with E-state index in [1.807, 2.05) is 30.0 Å². The molecule has 0 radical (unpaired) electrons. The molecule has 0 saturated carbocycles. The summed E-state index contributed by atoms with van der Waals surface area (Å²) in [6, 6.07) is 10.3. The molecule has 2 saturated heterocycles. The molecule has 96 valence electrons. The summed E-state index contributed by atoms with van der Waals surface area (Å²) in [6.45, 7) is 4.13. The molecular formula is C15H19NO2. The van der Waals surface area contributed by atoms with Gasteiger partial charge in [-0.1, -0.05) is 30.3 Å². The maximum absolute atomic E-state index is 12.1. The summed E-state index contributed by atoms with van der Waals surface area (Å²) in [5, 5.41) is 0. The van der Waals surface area contributed by atoms with Crippen LogP contribution in [0.15, 0.2) is 30.3 Å². The number of rotatable bonds is 1. The molecule has 0 aliphatic carbocycles. The molecule has 1 aromatic carbocycles. The first kappa shape index (κ1) is 11.7. The molecule has 2 aliphatic rings. The predicted molar refractivity (Wildman–Crippen MR) is 68.8 cm³/mol. The molecule has 3 atom stereocenters. The topological polar surface area (TPSA) is 29.5 Å². The molecule has 1 unspecified atom stereocenters. The minimum Gasteiger partial charge on any atom is -0.346 e. The van der Waals surface area contributed by atoms with E-state index in [1.165, 1.54) is 0 Å². The van der Waals surface area contributed by atoms with Crippen molar-refractivity contribution in [3.8, 4) is 0 Å². The highest BCUT2D eigenvalue weighted by Gasteiger charge is 2.52. The quantitative estimate of drug-likeness (QED) is 0.761. The second-order valence-electron chi connectivity index (χ2n) is 5.48. The summed E-state index contributed by atoms with van der Waals surface area (Å²) in [7, 11) is 0. The molecule has 0 bridgehead atoms. The van der Waals surface area contributed by atoms with Gasteiger partial charge in [-0.05, 0) is 32.3 Å². The van der Waals surface area contributed by atoms with Crippen molar-refractivity contribution in [2.24, 2.45) is 0 Å². The Hall–Kier alpha value is -1.35. The lowest BCUT2D eigenvalue weighted by Gasteiger charge is -2.39. The van der Waals surface area contributed by atoms with E-state index in [2.05, 4.69) is 19.1 Å². The van der Waals surface area contributed by atoms with Gasteiger partial charge in [0.05, 0.1) is 6.04 Å². The van der Waals surface area contributed by atoms with Crippen LogP contribution in [0.2, 0.25) is 0 Å². The fraction of sp³-hybridized carbons (Fsp3) is 0.533. The first-order valence-electron chi connectivity index (χ1n) is 6.67. The summed E-state index contributed by atoms with van der Waals surface area (Å²) in [5.74, 6) is 0.231. The maximum atomic E-state index is 12.1. The number of carbonyl (C=O) groups is 1. The number of benzene rings is 1. The monoisotopic (exact) mass is 245 g/mol. The highest BCUT2D eigenvalue weighted by Crippen LogP contribution is 2.45. The number of piperidine rings is 1. The number of ether oxygens (including phenoxy) is 1. The van der Waals surface area contributed by atoms with Crippen LogP contribution in [0.25, 0.3) is 0 Å². The van der Waals surface area contributed by atoms with Crippen molar-refractivity contribution < 1.29 is 9.53 Å². The van der Waals surface area contributed by atoms with Crippen molar-refractivity contribution in [2.45, 2.75) is 51.0 Å². The van der Waals surface area contributed by atoms with Gasteiger partial charge >= 0.3 is 0 Å². The minimum atomic E-state index is -0.407. The number of hydrogen-bond acceptors (Lipinski definition) is 2. The largest absolute Gasteiger partial charge is 0.346 e. The first-order chi connectivity index (χ1) is 8.62. The molecule has 3 nitrogen and oxygen atoms in total. The molecule has 2 fully saturated rings. The van der Waals surface area contributed by atoms with Gasteiger partial charge in [-0.15, -0.1) is 0 Å². The third-order valence-corrected chi connectivity index (χ3v) is 4.16. The Bertz CT molecular complexity index is 459. The third-order valence-electron chi connectivity index (χ3n) is 4.16. The van der Waals surface area contributed by atoms with Crippen molar-refractivity contribution in [3.05, 3.63) is 35.9 Å². The highest BCUT2D eigenvalue weighted by atomic mass is 16.5. The van der Waals surface area contributed by atoms with Crippen LogP contribution >= 0.6 is 0 Å². The van der Waals surface area contributed by atoms with E-state index in [-0.39, 0.29) is 18.1 Å². The Morgan fingerprint density at radius 1 is 1.33 bits per heavy atom. The number of carbonyl (C=O) groups excluding carboxylic acids is 1. The zero-order chi connectivity index (χ0) is 12.8. The van der Waals surface area contributed by atoms with E-state index in [4.69, 9.17) is 4.74 Å².